The summed E-state index contributed by atoms with van der Waals surface area (Å²) >= 11 is 0. The van der Waals surface area contributed by atoms with Gasteiger partial charge in [-0.2, -0.15) is 5.10 Å². The number of nitrogens with one attached hydrogen (secondary N) is 1. The number of carbonyl (C=O) groups is 1. The van der Waals surface area contributed by atoms with Crippen LogP contribution in [0.1, 0.15) is 27.2 Å². The Hall–Kier alpha value is -2.62. The zero-order valence-corrected chi connectivity index (χ0v) is 12.7. The lowest BCUT2D eigenvalue weighted by atomic mass is 10.0. The molecule has 1 N–H and O–H groups in total. The maximum atomic E-state index is 12.5. The highest BCUT2D eigenvalue weighted by Crippen LogP contribution is 2.35. The third-order valence-electron chi connectivity index (χ3n) is 4.60. The van der Waals surface area contributed by atoms with E-state index in [1.165, 1.54) is 16.5 Å². The molecule has 0 fully saturated rings. The van der Waals surface area contributed by atoms with Crippen LogP contribution in [0.4, 0.5) is 5.69 Å². The van der Waals surface area contributed by atoms with Crippen LogP contribution in [0.25, 0.3) is 10.8 Å². The lowest BCUT2D eigenvalue weighted by Gasteiger charge is -2.10. The molecule has 0 aliphatic heterocycles. The van der Waals surface area contributed by atoms with Gasteiger partial charge in [-0.3, -0.25) is 9.48 Å². The van der Waals surface area contributed by atoms with Crippen molar-refractivity contribution in [3.05, 3.63) is 58.9 Å². The third kappa shape index (κ3) is 1.84. The summed E-state index contributed by atoms with van der Waals surface area (Å²) in [6, 6.07) is 10.5. The van der Waals surface area contributed by atoms with Crippen molar-refractivity contribution in [2.24, 2.45) is 7.05 Å². The summed E-state index contributed by atoms with van der Waals surface area (Å²) in [5.41, 5.74) is 5.10. The van der Waals surface area contributed by atoms with Gasteiger partial charge in [0.05, 0.1) is 11.8 Å². The number of amides is 1. The van der Waals surface area contributed by atoms with Gasteiger partial charge in [0, 0.05) is 23.8 Å². The molecular formula is C18H17N3O. The van der Waals surface area contributed by atoms with E-state index in [-0.39, 0.29) is 5.91 Å². The zero-order chi connectivity index (χ0) is 15.3. The van der Waals surface area contributed by atoms with Crippen LogP contribution in [0.15, 0.2) is 36.5 Å². The summed E-state index contributed by atoms with van der Waals surface area (Å²) in [7, 11) is 1.84. The van der Waals surface area contributed by atoms with Crippen LogP contribution < -0.4 is 5.32 Å². The van der Waals surface area contributed by atoms with Crippen LogP contribution in [0.5, 0.6) is 0 Å². The highest BCUT2D eigenvalue weighted by atomic mass is 16.1. The second-order valence-electron chi connectivity index (χ2n) is 5.83. The van der Waals surface area contributed by atoms with E-state index < -0.39 is 0 Å². The van der Waals surface area contributed by atoms with E-state index in [4.69, 9.17) is 0 Å². The number of aromatic nitrogens is 2. The number of nitrogens with zero attached hydrogens (tertiary/aromatic N) is 2. The molecule has 4 nitrogen and oxygen atoms in total. The van der Waals surface area contributed by atoms with Crippen LogP contribution in [0.3, 0.4) is 0 Å². The van der Waals surface area contributed by atoms with Gasteiger partial charge in [0.2, 0.25) is 0 Å². The minimum absolute atomic E-state index is 0.107. The molecule has 1 heterocycles. The van der Waals surface area contributed by atoms with Gasteiger partial charge in [-0.25, -0.2) is 0 Å². The van der Waals surface area contributed by atoms with Crippen LogP contribution in [-0.4, -0.2) is 15.7 Å². The average Bonchev–Trinajstić information content (AvgIpc) is 3.08. The van der Waals surface area contributed by atoms with Crippen molar-refractivity contribution in [1.82, 2.24) is 9.78 Å². The van der Waals surface area contributed by atoms with Crippen LogP contribution in [0.2, 0.25) is 0 Å². The summed E-state index contributed by atoms with van der Waals surface area (Å²) in [4.78, 5) is 12.5. The van der Waals surface area contributed by atoms with Gasteiger partial charge in [0.1, 0.15) is 0 Å². The Labute approximate surface area is 128 Å². The summed E-state index contributed by atoms with van der Waals surface area (Å²) in [6.45, 7) is 1.90. The number of anilines is 1. The maximum absolute atomic E-state index is 12.5. The summed E-state index contributed by atoms with van der Waals surface area (Å²) in [5, 5.41) is 9.62. The number of benzene rings is 2. The Kier molecular flexibility index (Phi) is 2.79. The topological polar surface area (TPSA) is 46.9 Å². The molecule has 2 aromatic carbocycles. The molecule has 1 amide bonds. The predicted molar refractivity (Wildman–Crippen MR) is 87.3 cm³/mol. The van der Waals surface area contributed by atoms with E-state index in [1.54, 1.807) is 10.9 Å². The Bertz CT molecular complexity index is 898. The number of hydrogen-bond acceptors (Lipinski definition) is 2. The quantitative estimate of drug-likeness (QED) is 0.788. The van der Waals surface area contributed by atoms with Crippen molar-refractivity contribution in [2.45, 2.75) is 19.8 Å². The molecule has 0 atom stereocenters. The van der Waals surface area contributed by atoms with Crippen molar-refractivity contribution in [3.63, 3.8) is 0 Å². The Morgan fingerprint density at radius 1 is 1.18 bits per heavy atom. The lowest BCUT2D eigenvalue weighted by molar-refractivity contribution is 0.102. The van der Waals surface area contributed by atoms with Crippen LogP contribution >= 0.6 is 0 Å². The van der Waals surface area contributed by atoms with Gasteiger partial charge in [0.15, 0.2) is 0 Å². The SMILES string of the molecule is Cc1c(C(=O)Nc2ccc3c4c(cccc24)CC3)cnn1C. The van der Waals surface area contributed by atoms with Crippen molar-refractivity contribution in [3.8, 4) is 0 Å². The molecule has 110 valence electrons. The fourth-order valence-corrected chi connectivity index (χ4v) is 3.27. The molecule has 4 rings (SSSR count). The van der Waals surface area contributed by atoms with E-state index in [1.807, 2.05) is 20.0 Å². The second-order valence-corrected chi connectivity index (χ2v) is 5.83. The molecular weight excluding hydrogens is 274 g/mol. The van der Waals surface area contributed by atoms with Gasteiger partial charge in [-0.1, -0.05) is 24.3 Å². The average molecular weight is 291 g/mol. The Balaban J connectivity index is 1.77. The molecule has 0 saturated carbocycles. The number of carbonyl (C=O) groups excluding carboxylic acids is 1. The largest absolute Gasteiger partial charge is 0.321 e. The smallest absolute Gasteiger partial charge is 0.259 e. The van der Waals surface area contributed by atoms with Crippen molar-refractivity contribution in [1.29, 1.82) is 0 Å². The number of aryl methyl sites for hydroxylation is 3. The van der Waals surface area contributed by atoms with Gasteiger partial charge in [0.25, 0.3) is 5.91 Å². The number of hydrogen-bond donors (Lipinski definition) is 1. The first-order valence-corrected chi connectivity index (χ1v) is 7.48. The minimum Gasteiger partial charge on any atom is -0.321 e. The van der Waals surface area contributed by atoms with E-state index in [9.17, 15) is 4.79 Å². The molecule has 0 radical (unpaired) electrons. The van der Waals surface area contributed by atoms with Crippen molar-refractivity contribution < 1.29 is 4.79 Å². The minimum atomic E-state index is -0.107. The number of rotatable bonds is 2. The third-order valence-corrected chi connectivity index (χ3v) is 4.60. The first-order chi connectivity index (χ1) is 10.6. The second kappa shape index (κ2) is 4.70. The van der Waals surface area contributed by atoms with Crippen LogP contribution in [-0.2, 0) is 19.9 Å². The van der Waals surface area contributed by atoms with Crippen LogP contribution in [0, 0.1) is 6.92 Å². The van der Waals surface area contributed by atoms with Gasteiger partial charge >= 0.3 is 0 Å². The highest BCUT2D eigenvalue weighted by Gasteiger charge is 2.18. The molecule has 1 aromatic heterocycles. The van der Waals surface area contributed by atoms with Gasteiger partial charge in [-0.15, -0.1) is 0 Å². The first kappa shape index (κ1) is 13.1. The van der Waals surface area contributed by atoms with Gasteiger partial charge < -0.3 is 5.32 Å². The molecule has 1 aliphatic carbocycles. The van der Waals surface area contributed by atoms with E-state index in [0.29, 0.717) is 5.56 Å². The summed E-state index contributed by atoms with van der Waals surface area (Å²) in [6.07, 6.45) is 3.79. The molecule has 0 bridgehead atoms. The first-order valence-electron chi connectivity index (χ1n) is 7.48. The normalized spacial score (nSPS) is 12.8. The molecule has 4 heteroatoms. The highest BCUT2D eigenvalue weighted by molar-refractivity contribution is 6.10. The van der Waals surface area contributed by atoms with E-state index >= 15 is 0 Å². The molecule has 1 aliphatic rings. The van der Waals surface area contributed by atoms with E-state index in [0.717, 1.165) is 29.6 Å². The molecule has 0 saturated heterocycles. The fourth-order valence-electron chi connectivity index (χ4n) is 3.27. The monoisotopic (exact) mass is 291 g/mol. The molecule has 22 heavy (non-hydrogen) atoms. The van der Waals surface area contributed by atoms with Crippen molar-refractivity contribution in [2.75, 3.05) is 5.32 Å². The van der Waals surface area contributed by atoms with Gasteiger partial charge in [-0.05, 0) is 42.3 Å². The lowest BCUT2D eigenvalue weighted by Crippen LogP contribution is -2.13. The predicted octanol–water partition coefficient (Wildman–Crippen LogP) is 3.23. The molecule has 3 aromatic rings. The standard InChI is InChI=1S/C18H17N3O/c1-11-15(10-19-21(11)2)18(22)20-16-9-8-13-7-6-12-4-3-5-14(16)17(12)13/h3-5,8-10H,6-7H2,1-2H3,(H,20,22). The maximum Gasteiger partial charge on any atom is 0.259 e. The summed E-state index contributed by atoms with van der Waals surface area (Å²) < 4.78 is 1.71. The zero-order valence-electron chi connectivity index (χ0n) is 12.7. The Morgan fingerprint density at radius 3 is 2.68 bits per heavy atom. The Morgan fingerprint density at radius 2 is 1.95 bits per heavy atom. The van der Waals surface area contributed by atoms with Crippen molar-refractivity contribution >= 4 is 22.4 Å². The molecule has 0 unspecified atom stereocenters. The fraction of sp³-hybridized carbons (Fsp3) is 0.222. The molecule has 0 spiro atoms. The van der Waals surface area contributed by atoms with E-state index in [2.05, 4.69) is 34.7 Å². The summed E-state index contributed by atoms with van der Waals surface area (Å²) in [5.74, 6) is -0.107.